The van der Waals surface area contributed by atoms with Gasteiger partial charge in [0.05, 0.1) is 15.6 Å². The molecule has 20 heavy (non-hydrogen) atoms. The lowest BCUT2D eigenvalue weighted by Crippen LogP contribution is -2.10. The van der Waals surface area contributed by atoms with Crippen molar-refractivity contribution in [3.63, 3.8) is 0 Å². The molecule has 0 nitrogen and oxygen atoms in total. The van der Waals surface area contributed by atoms with E-state index < -0.39 is 11.7 Å². The van der Waals surface area contributed by atoms with E-state index in [1.165, 1.54) is 24.3 Å². The van der Waals surface area contributed by atoms with Crippen LogP contribution in [0.3, 0.4) is 0 Å². The summed E-state index contributed by atoms with van der Waals surface area (Å²) in [6.07, 6.45) is -3.48. The molecule has 0 saturated carbocycles. The Morgan fingerprint density at radius 3 is 2.15 bits per heavy atom. The Hall–Kier alpha value is -1.45. The second-order valence-electron chi connectivity index (χ2n) is 4.06. The third kappa shape index (κ3) is 3.35. The molecule has 0 unspecified atom stereocenters. The molecule has 0 heterocycles. The normalized spacial score (nSPS) is 12.6. The molecule has 2 aromatic carbocycles. The van der Waals surface area contributed by atoms with E-state index in [1.54, 1.807) is 24.3 Å². The number of rotatable bonds is 2. The molecule has 0 amide bonds. The Balaban J connectivity index is 2.58. The summed E-state index contributed by atoms with van der Waals surface area (Å²) in [6, 6.07) is 12.1. The first-order chi connectivity index (χ1) is 9.39. The molecular formula is C15H9Cl2F3. The summed E-state index contributed by atoms with van der Waals surface area (Å²) in [6.45, 7) is 0. The van der Waals surface area contributed by atoms with Crippen molar-refractivity contribution in [1.29, 1.82) is 0 Å². The molecule has 0 radical (unpaired) electrons. The minimum absolute atomic E-state index is 0.0797. The fourth-order valence-corrected chi connectivity index (χ4v) is 2.10. The van der Waals surface area contributed by atoms with Gasteiger partial charge in [-0.15, -0.1) is 0 Å². The van der Waals surface area contributed by atoms with E-state index in [2.05, 4.69) is 0 Å². The molecule has 0 aromatic heterocycles. The van der Waals surface area contributed by atoms with Crippen molar-refractivity contribution in [3.05, 3.63) is 69.7 Å². The minimum Gasteiger partial charge on any atom is -0.166 e. The van der Waals surface area contributed by atoms with E-state index in [-0.39, 0.29) is 21.2 Å². The lowest BCUT2D eigenvalue weighted by molar-refractivity contribution is -0.0683. The van der Waals surface area contributed by atoms with Crippen LogP contribution in [-0.2, 0) is 0 Å². The monoisotopic (exact) mass is 316 g/mol. The summed E-state index contributed by atoms with van der Waals surface area (Å²) in [4.78, 5) is 0. The van der Waals surface area contributed by atoms with Crippen LogP contribution in [0.15, 0.2) is 48.5 Å². The Bertz CT molecular complexity index is 631. The zero-order chi connectivity index (χ0) is 14.8. The van der Waals surface area contributed by atoms with Crippen molar-refractivity contribution in [2.45, 2.75) is 6.18 Å². The first-order valence-corrected chi connectivity index (χ1v) is 6.43. The maximum Gasteiger partial charge on any atom is 0.417 e. The van der Waals surface area contributed by atoms with Gasteiger partial charge < -0.3 is 0 Å². The highest BCUT2D eigenvalue weighted by Gasteiger charge is 2.34. The summed E-state index contributed by atoms with van der Waals surface area (Å²) in [7, 11) is 0. The zero-order valence-electron chi connectivity index (χ0n) is 10.1. The molecular weight excluding hydrogens is 308 g/mol. The van der Waals surface area contributed by atoms with Gasteiger partial charge in [0, 0.05) is 0 Å². The van der Waals surface area contributed by atoms with Crippen molar-refractivity contribution >= 4 is 34.9 Å². The van der Waals surface area contributed by atoms with E-state index in [0.29, 0.717) is 0 Å². The van der Waals surface area contributed by atoms with Crippen LogP contribution in [0.5, 0.6) is 0 Å². The van der Waals surface area contributed by atoms with E-state index >= 15 is 0 Å². The van der Waals surface area contributed by atoms with Gasteiger partial charge in [-0.3, -0.25) is 0 Å². The molecule has 2 rings (SSSR count). The van der Waals surface area contributed by atoms with Gasteiger partial charge in [0.15, 0.2) is 0 Å². The Morgan fingerprint density at radius 1 is 0.900 bits per heavy atom. The topological polar surface area (TPSA) is 0 Å². The Morgan fingerprint density at radius 2 is 1.55 bits per heavy atom. The second-order valence-corrected chi connectivity index (χ2v) is 4.85. The van der Waals surface area contributed by atoms with Crippen molar-refractivity contribution in [2.75, 3.05) is 0 Å². The number of alkyl halides is 3. The maximum absolute atomic E-state index is 13.2. The molecule has 5 heteroatoms. The first kappa shape index (κ1) is 14.9. The zero-order valence-corrected chi connectivity index (χ0v) is 11.6. The van der Waals surface area contributed by atoms with E-state index in [1.807, 2.05) is 0 Å². The number of allylic oxidation sites excluding steroid dienone is 1. The summed E-state index contributed by atoms with van der Waals surface area (Å²) in [5.74, 6) is 0. The van der Waals surface area contributed by atoms with Gasteiger partial charge in [-0.25, -0.2) is 0 Å². The lowest BCUT2D eigenvalue weighted by atomic mass is 10.0. The summed E-state index contributed by atoms with van der Waals surface area (Å²) in [5, 5.41) is 0.321. The van der Waals surface area contributed by atoms with Crippen molar-refractivity contribution in [1.82, 2.24) is 0 Å². The molecule has 2 aromatic rings. The largest absolute Gasteiger partial charge is 0.417 e. The van der Waals surface area contributed by atoms with Gasteiger partial charge in [-0.2, -0.15) is 13.2 Å². The second kappa shape index (κ2) is 5.90. The SMILES string of the molecule is FC(F)(F)/C(=C/c1cccc(Cl)c1Cl)c1ccccc1. The summed E-state index contributed by atoms with van der Waals surface area (Å²) < 4.78 is 39.5. The highest BCUT2D eigenvalue weighted by atomic mass is 35.5. The van der Waals surface area contributed by atoms with Crippen LogP contribution in [0.4, 0.5) is 13.2 Å². The summed E-state index contributed by atoms with van der Waals surface area (Å²) >= 11 is 11.7. The molecule has 0 N–H and O–H groups in total. The third-order valence-corrected chi connectivity index (χ3v) is 3.51. The average Bonchev–Trinajstić information content (AvgIpc) is 2.40. The minimum atomic E-state index is -4.48. The molecule has 0 aliphatic rings. The number of hydrogen-bond acceptors (Lipinski definition) is 0. The van der Waals surface area contributed by atoms with Crippen molar-refractivity contribution in [3.8, 4) is 0 Å². The highest BCUT2D eigenvalue weighted by molar-refractivity contribution is 6.43. The van der Waals surface area contributed by atoms with Gasteiger partial charge in [0.25, 0.3) is 0 Å². The van der Waals surface area contributed by atoms with Gasteiger partial charge >= 0.3 is 6.18 Å². The molecule has 0 saturated heterocycles. The van der Waals surface area contributed by atoms with Gasteiger partial charge in [0.2, 0.25) is 0 Å². The molecule has 0 spiro atoms. The van der Waals surface area contributed by atoms with E-state index in [4.69, 9.17) is 23.2 Å². The van der Waals surface area contributed by atoms with Crippen LogP contribution in [-0.4, -0.2) is 6.18 Å². The molecule has 0 fully saturated rings. The van der Waals surface area contributed by atoms with Gasteiger partial charge in [-0.1, -0.05) is 65.7 Å². The third-order valence-electron chi connectivity index (χ3n) is 2.67. The fourth-order valence-electron chi connectivity index (χ4n) is 1.73. The standard InChI is InChI=1S/C15H9Cl2F3/c16-13-8-4-7-11(14(13)17)9-12(15(18,19)20)10-5-2-1-3-6-10/h1-9H/b12-9+. The maximum atomic E-state index is 13.2. The number of benzene rings is 2. The molecule has 0 aliphatic heterocycles. The first-order valence-electron chi connectivity index (χ1n) is 5.68. The predicted octanol–water partition coefficient (Wildman–Crippen LogP) is 6.10. The molecule has 0 aliphatic carbocycles. The Kier molecular flexibility index (Phi) is 4.41. The predicted molar refractivity (Wildman–Crippen MR) is 76.8 cm³/mol. The van der Waals surface area contributed by atoms with Crippen LogP contribution in [0.2, 0.25) is 10.0 Å². The van der Waals surface area contributed by atoms with E-state index in [0.717, 1.165) is 6.08 Å². The van der Waals surface area contributed by atoms with Crippen molar-refractivity contribution < 1.29 is 13.2 Å². The quantitative estimate of drug-likeness (QED) is 0.587. The lowest BCUT2D eigenvalue weighted by Gasteiger charge is -2.13. The van der Waals surface area contributed by atoms with Crippen LogP contribution in [0.25, 0.3) is 11.6 Å². The van der Waals surface area contributed by atoms with E-state index in [9.17, 15) is 13.2 Å². The van der Waals surface area contributed by atoms with Gasteiger partial charge in [0.1, 0.15) is 0 Å². The van der Waals surface area contributed by atoms with Crippen LogP contribution in [0, 0.1) is 0 Å². The Labute approximate surface area is 124 Å². The average molecular weight is 317 g/mol. The van der Waals surface area contributed by atoms with Crippen LogP contribution >= 0.6 is 23.2 Å². The highest BCUT2D eigenvalue weighted by Crippen LogP contribution is 2.37. The number of halogens is 5. The molecule has 104 valence electrons. The van der Waals surface area contributed by atoms with Crippen molar-refractivity contribution in [2.24, 2.45) is 0 Å². The smallest absolute Gasteiger partial charge is 0.166 e. The molecule has 0 atom stereocenters. The molecule has 0 bridgehead atoms. The van der Waals surface area contributed by atoms with Gasteiger partial charge in [-0.05, 0) is 23.3 Å². The van der Waals surface area contributed by atoms with Crippen LogP contribution in [0.1, 0.15) is 11.1 Å². The number of hydrogen-bond donors (Lipinski definition) is 0. The van der Waals surface area contributed by atoms with Crippen LogP contribution < -0.4 is 0 Å². The fraction of sp³-hybridized carbons (Fsp3) is 0.0667. The summed E-state index contributed by atoms with van der Waals surface area (Å²) in [5.41, 5.74) is -0.450.